The van der Waals surface area contributed by atoms with E-state index in [-0.39, 0.29) is 5.91 Å². The highest BCUT2D eigenvalue weighted by molar-refractivity contribution is 6.30. The average molecular weight is 425 g/mol. The smallest absolute Gasteiger partial charge is 0.242 e. The minimum atomic E-state index is 0.0939. The Labute approximate surface area is 180 Å². The van der Waals surface area contributed by atoms with Crippen LogP contribution in [0.15, 0.2) is 53.5 Å². The number of nitrogens with one attached hydrogen (secondary N) is 2. The van der Waals surface area contributed by atoms with E-state index in [0.29, 0.717) is 31.2 Å². The van der Waals surface area contributed by atoms with Gasteiger partial charge in [-0.15, -0.1) is 0 Å². The van der Waals surface area contributed by atoms with Crippen molar-refractivity contribution in [1.82, 2.24) is 25.1 Å². The van der Waals surface area contributed by atoms with Gasteiger partial charge in [0.05, 0.1) is 17.6 Å². The number of H-pyrrole nitrogens is 1. The standard InChI is InChI=1S/C22H25ClN6O/c1-24-22(25-11-10-20-26-18-4-2-3-5-19(18)27-20)29-13-12-28(21(30)15-29)14-16-6-8-17(23)9-7-16/h2-9H,10-15H2,1H3,(H,24,25)(H,26,27). The minimum absolute atomic E-state index is 0.0939. The number of piperazine rings is 1. The maximum absolute atomic E-state index is 12.7. The number of aliphatic imine (C=N–C) groups is 1. The Hall–Kier alpha value is -3.06. The number of carbonyl (C=O) groups is 1. The van der Waals surface area contributed by atoms with Crippen molar-refractivity contribution in [3.63, 3.8) is 0 Å². The first kappa shape index (κ1) is 20.2. The van der Waals surface area contributed by atoms with Crippen LogP contribution in [-0.2, 0) is 17.8 Å². The number of nitrogens with zero attached hydrogens (tertiary/aromatic N) is 4. The first-order valence-corrected chi connectivity index (χ1v) is 10.4. The predicted molar refractivity (Wildman–Crippen MR) is 120 cm³/mol. The third-order valence-corrected chi connectivity index (χ3v) is 5.45. The lowest BCUT2D eigenvalue weighted by Gasteiger charge is -2.36. The van der Waals surface area contributed by atoms with Crippen LogP contribution in [0.5, 0.6) is 0 Å². The molecule has 3 aromatic rings. The van der Waals surface area contributed by atoms with E-state index < -0.39 is 0 Å². The van der Waals surface area contributed by atoms with Gasteiger partial charge in [0.1, 0.15) is 5.82 Å². The molecule has 0 radical (unpaired) electrons. The van der Waals surface area contributed by atoms with Crippen molar-refractivity contribution < 1.29 is 4.79 Å². The summed E-state index contributed by atoms with van der Waals surface area (Å²) in [5.74, 6) is 1.77. The quantitative estimate of drug-likeness (QED) is 0.487. The molecule has 1 saturated heterocycles. The lowest BCUT2D eigenvalue weighted by atomic mass is 10.2. The molecule has 7 nitrogen and oxygen atoms in total. The maximum Gasteiger partial charge on any atom is 0.242 e. The summed E-state index contributed by atoms with van der Waals surface area (Å²) in [7, 11) is 1.74. The van der Waals surface area contributed by atoms with E-state index in [0.717, 1.165) is 41.3 Å². The van der Waals surface area contributed by atoms with Crippen molar-refractivity contribution >= 4 is 34.5 Å². The number of hydrogen-bond donors (Lipinski definition) is 2. The largest absolute Gasteiger partial charge is 0.356 e. The molecular weight excluding hydrogens is 400 g/mol. The molecule has 1 amide bonds. The van der Waals surface area contributed by atoms with Crippen LogP contribution in [0.25, 0.3) is 11.0 Å². The van der Waals surface area contributed by atoms with E-state index in [2.05, 4.69) is 20.3 Å². The van der Waals surface area contributed by atoms with Crippen LogP contribution in [0, 0.1) is 0 Å². The van der Waals surface area contributed by atoms with Crippen molar-refractivity contribution in [3.8, 4) is 0 Å². The molecule has 1 aliphatic rings. The number of hydrogen-bond acceptors (Lipinski definition) is 3. The van der Waals surface area contributed by atoms with Gasteiger partial charge in [0, 0.05) is 44.7 Å². The SMILES string of the molecule is CN=C(NCCc1nc2ccccc2[nH]1)N1CCN(Cc2ccc(Cl)cc2)C(=O)C1. The van der Waals surface area contributed by atoms with E-state index in [9.17, 15) is 4.79 Å². The highest BCUT2D eigenvalue weighted by atomic mass is 35.5. The van der Waals surface area contributed by atoms with Gasteiger partial charge in [0.15, 0.2) is 5.96 Å². The summed E-state index contributed by atoms with van der Waals surface area (Å²) in [4.78, 5) is 28.8. The van der Waals surface area contributed by atoms with Crippen molar-refractivity contribution in [2.24, 2.45) is 4.99 Å². The summed E-state index contributed by atoms with van der Waals surface area (Å²) in [6.07, 6.45) is 0.748. The number of para-hydroxylation sites is 2. The van der Waals surface area contributed by atoms with Gasteiger partial charge in [-0.25, -0.2) is 4.98 Å². The lowest BCUT2D eigenvalue weighted by molar-refractivity contribution is -0.135. The molecule has 30 heavy (non-hydrogen) atoms. The number of carbonyl (C=O) groups excluding carboxylic acids is 1. The van der Waals surface area contributed by atoms with Gasteiger partial charge in [-0.1, -0.05) is 35.9 Å². The number of fused-ring (bicyclic) bond motifs is 1. The second kappa shape index (κ2) is 9.17. The summed E-state index contributed by atoms with van der Waals surface area (Å²) in [5.41, 5.74) is 3.09. The van der Waals surface area contributed by atoms with E-state index in [1.54, 1.807) is 7.05 Å². The van der Waals surface area contributed by atoms with Crippen LogP contribution >= 0.6 is 11.6 Å². The molecule has 1 fully saturated rings. The highest BCUT2D eigenvalue weighted by Gasteiger charge is 2.25. The Kier molecular flexibility index (Phi) is 6.18. The zero-order chi connectivity index (χ0) is 20.9. The van der Waals surface area contributed by atoms with E-state index in [1.165, 1.54) is 0 Å². The molecule has 2 aromatic carbocycles. The van der Waals surface area contributed by atoms with Crippen LogP contribution in [0.1, 0.15) is 11.4 Å². The molecule has 1 aliphatic heterocycles. The predicted octanol–water partition coefficient (Wildman–Crippen LogP) is 2.68. The van der Waals surface area contributed by atoms with E-state index >= 15 is 0 Å². The number of aromatic amines is 1. The molecule has 0 saturated carbocycles. The molecule has 1 aromatic heterocycles. The first-order valence-electron chi connectivity index (χ1n) is 10.0. The van der Waals surface area contributed by atoms with Gasteiger partial charge < -0.3 is 20.1 Å². The van der Waals surface area contributed by atoms with Gasteiger partial charge in [0.2, 0.25) is 5.91 Å². The molecular formula is C22H25ClN6O. The maximum atomic E-state index is 12.7. The second-order valence-corrected chi connectivity index (χ2v) is 7.72. The number of imidazole rings is 1. The van der Waals surface area contributed by atoms with Crippen LogP contribution in [0.2, 0.25) is 5.02 Å². The summed E-state index contributed by atoms with van der Waals surface area (Å²) < 4.78 is 0. The third kappa shape index (κ3) is 4.74. The topological polar surface area (TPSA) is 76.6 Å². The molecule has 8 heteroatoms. The minimum Gasteiger partial charge on any atom is -0.356 e. The molecule has 2 heterocycles. The fourth-order valence-corrected chi connectivity index (χ4v) is 3.74. The Balaban J connectivity index is 1.28. The molecule has 0 atom stereocenters. The highest BCUT2D eigenvalue weighted by Crippen LogP contribution is 2.14. The Morgan fingerprint density at radius 3 is 2.73 bits per heavy atom. The molecule has 4 rings (SSSR count). The number of rotatable bonds is 5. The lowest BCUT2D eigenvalue weighted by Crippen LogP contribution is -2.55. The van der Waals surface area contributed by atoms with Crippen LogP contribution in [-0.4, -0.2) is 64.9 Å². The Morgan fingerprint density at radius 2 is 2.00 bits per heavy atom. The summed E-state index contributed by atoms with van der Waals surface area (Å²) in [5, 5.41) is 4.06. The Morgan fingerprint density at radius 1 is 1.20 bits per heavy atom. The Bertz CT molecular complexity index is 1010. The van der Waals surface area contributed by atoms with Gasteiger partial charge in [-0.3, -0.25) is 9.79 Å². The van der Waals surface area contributed by atoms with E-state index in [1.807, 2.05) is 58.3 Å². The van der Waals surface area contributed by atoms with Crippen molar-refractivity contribution in [2.45, 2.75) is 13.0 Å². The first-order chi connectivity index (χ1) is 14.6. The number of aromatic nitrogens is 2. The van der Waals surface area contributed by atoms with Crippen molar-refractivity contribution in [1.29, 1.82) is 0 Å². The molecule has 156 valence electrons. The fourth-order valence-electron chi connectivity index (χ4n) is 3.62. The molecule has 2 N–H and O–H groups in total. The summed E-state index contributed by atoms with van der Waals surface area (Å²) >= 11 is 5.94. The number of halogens is 1. The van der Waals surface area contributed by atoms with Crippen LogP contribution in [0.3, 0.4) is 0 Å². The average Bonchev–Trinajstić information content (AvgIpc) is 3.17. The molecule has 0 unspecified atom stereocenters. The second-order valence-electron chi connectivity index (χ2n) is 7.29. The van der Waals surface area contributed by atoms with Gasteiger partial charge >= 0.3 is 0 Å². The fraction of sp³-hybridized carbons (Fsp3) is 0.318. The van der Waals surface area contributed by atoms with Gasteiger partial charge in [-0.05, 0) is 29.8 Å². The molecule has 0 spiro atoms. The van der Waals surface area contributed by atoms with Crippen molar-refractivity contribution in [3.05, 3.63) is 64.9 Å². The van der Waals surface area contributed by atoms with Crippen molar-refractivity contribution in [2.75, 3.05) is 33.2 Å². The summed E-state index contributed by atoms with van der Waals surface area (Å²) in [6, 6.07) is 15.6. The zero-order valence-corrected chi connectivity index (χ0v) is 17.7. The van der Waals surface area contributed by atoms with E-state index in [4.69, 9.17) is 11.6 Å². The van der Waals surface area contributed by atoms with Crippen LogP contribution in [0.4, 0.5) is 0 Å². The molecule has 0 aliphatic carbocycles. The molecule has 0 bridgehead atoms. The third-order valence-electron chi connectivity index (χ3n) is 5.20. The monoisotopic (exact) mass is 424 g/mol. The zero-order valence-electron chi connectivity index (χ0n) is 16.9. The van der Waals surface area contributed by atoms with Gasteiger partial charge in [-0.2, -0.15) is 0 Å². The number of amides is 1. The van der Waals surface area contributed by atoms with Crippen LogP contribution < -0.4 is 5.32 Å². The number of guanidine groups is 1. The normalized spacial score (nSPS) is 15.1. The van der Waals surface area contributed by atoms with Gasteiger partial charge in [0.25, 0.3) is 0 Å². The summed E-state index contributed by atoms with van der Waals surface area (Å²) in [6.45, 7) is 3.00. The number of benzene rings is 2.